The van der Waals surface area contributed by atoms with Crippen LogP contribution in [0.25, 0.3) is 0 Å². The summed E-state index contributed by atoms with van der Waals surface area (Å²) in [5, 5.41) is 8.99. The minimum Gasteiger partial charge on any atom is -0.372 e. The first kappa shape index (κ1) is 14.5. The Labute approximate surface area is 124 Å². The lowest BCUT2D eigenvalue weighted by Crippen LogP contribution is -2.21. The van der Waals surface area contributed by atoms with E-state index in [1.165, 1.54) is 5.69 Å². The van der Waals surface area contributed by atoms with Crippen molar-refractivity contribution in [1.29, 1.82) is 0 Å². The van der Waals surface area contributed by atoms with Crippen LogP contribution in [0, 0.1) is 0 Å². The molecule has 0 aliphatic rings. The Morgan fingerprint density at radius 3 is 2.15 bits per heavy atom. The molecule has 0 spiro atoms. The predicted octanol–water partition coefficient (Wildman–Crippen LogP) is 5.60. The summed E-state index contributed by atoms with van der Waals surface area (Å²) in [5.41, 5.74) is 2.70. The van der Waals surface area contributed by atoms with Crippen molar-refractivity contribution >= 4 is 28.7 Å². The van der Waals surface area contributed by atoms with E-state index in [1.54, 1.807) is 6.07 Å². The molecular weight excluding hydrogens is 270 g/mol. The Bertz CT molecular complexity index is 575. The van der Waals surface area contributed by atoms with Crippen LogP contribution in [-0.4, -0.2) is 13.1 Å². The molecule has 0 bridgehead atoms. The molecule has 0 unspecified atom stereocenters. The van der Waals surface area contributed by atoms with Crippen molar-refractivity contribution in [2.75, 3.05) is 18.0 Å². The van der Waals surface area contributed by atoms with Gasteiger partial charge in [-0.05, 0) is 50.2 Å². The second-order valence-corrected chi connectivity index (χ2v) is 4.75. The molecule has 0 saturated heterocycles. The fourth-order valence-electron chi connectivity index (χ4n) is 1.96. The monoisotopic (exact) mass is 287 g/mol. The average molecular weight is 288 g/mol. The van der Waals surface area contributed by atoms with Gasteiger partial charge in [-0.15, -0.1) is 5.11 Å². The molecule has 0 heterocycles. The Morgan fingerprint density at radius 1 is 0.900 bits per heavy atom. The number of hydrogen-bond acceptors (Lipinski definition) is 3. The van der Waals surface area contributed by atoms with Gasteiger partial charge in [-0.2, -0.15) is 5.11 Å². The smallest absolute Gasteiger partial charge is 0.104 e. The van der Waals surface area contributed by atoms with E-state index in [4.69, 9.17) is 11.6 Å². The molecule has 0 fully saturated rings. The predicted molar refractivity (Wildman–Crippen MR) is 85.6 cm³/mol. The molecule has 0 atom stereocenters. The maximum Gasteiger partial charge on any atom is 0.104 e. The molecule has 2 aromatic rings. The van der Waals surface area contributed by atoms with E-state index in [0.29, 0.717) is 10.7 Å². The zero-order valence-electron chi connectivity index (χ0n) is 11.8. The lowest BCUT2D eigenvalue weighted by molar-refractivity contribution is 0.866. The molecule has 20 heavy (non-hydrogen) atoms. The van der Waals surface area contributed by atoms with Gasteiger partial charge in [0.25, 0.3) is 0 Å². The van der Waals surface area contributed by atoms with Gasteiger partial charge < -0.3 is 4.90 Å². The standard InChI is InChI=1S/C16H18ClN3/c1-3-20(4-2)14-11-9-13(10-12-14)18-19-16-8-6-5-7-15(16)17/h5-12H,3-4H2,1-2H3. The quantitative estimate of drug-likeness (QED) is 0.658. The van der Waals surface area contributed by atoms with Gasteiger partial charge in [-0.25, -0.2) is 0 Å². The van der Waals surface area contributed by atoms with Gasteiger partial charge >= 0.3 is 0 Å². The van der Waals surface area contributed by atoms with Gasteiger partial charge in [-0.3, -0.25) is 0 Å². The molecule has 2 aromatic carbocycles. The van der Waals surface area contributed by atoms with E-state index in [9.17, 15) is 0 Å². The van der Waals surface area contributed by atoms with Crippen molar-refractivity contribution < 1.29 is 0 Å². The molecule has 0 N–H and O–H groups in total. The summed E-state index contributed by atoms with van der Waals surface area (Å²) < 4.78 is 0. The van der Waals surface area contributed by atoms with Crippen molar-refractivity contribution in [2.24, 2.45) is 10.2 Å². The van der Waals surface area contributed by atoms with Crippen molar-refractivity contribution in [2.45, 2.75) is 13.8 Å². The molecule has 0 aliphatic carbocycles. The Hall–Kier alpha value is -1.87. The van der Waals surface area contributed by atoms with Crippen LogP contribution >= 0.6 is 11.6 Å². The van der Waals surface area contributed by atoms with Crippen LogP contribution in [-0.2, 0) is 0 Å². The number of halogens is 1. The highest BCUT2D eigenvalue weighted by Gasteiger charge is 2.01. The van der Waals surface area contributed by atoms with Gasteiger partial charge in [0.2, 0.25) is 0 Å². The summed E-state index contributed by atoms with van der Waals surface area (Å²) in [6.07, 6.45) is 0. The van der Waals surface area contributed by atoms with E-state index < -0.39 is 0 Å². The third-order valence-corrected chi connectivity index (χ3v) is 3.42. The highest BCUT2D eigenvalue weighted by atomic mass is 35.5. The number of azo groups is 1. The van der Waals surface area contributed by atoms with E-state index in [2.05, 4.69) is 41.1 Å². The summed E-state index contributed by atoms with van der Waals surface area (Å²) in [7, 11) is 0. The first-order valence-electron chi connectivity index (χ1n) is 6.76. The second-order valence-electron chi connectivity index (χ2n) is 4.34. The average Bonchev–Trinajstić information content (AvgIpc) is 2.49. The SMILES string of the molecule is CCN(CC)c1ccc(N=Nc2ccccc2Cl)cc1. The maximum atomic E-state index is 6.03. The number of anilines is 1. The minimum atomic E-state index is 0.607. The van der Waals surface area contributed by atoms with Gasteiger partial charge in [-0.1, -0.05) is 23.7 Å². The van der Waals surface area contributed by atoms with Gasteiger partial charge in [0, 0.05) is 18.8 Å². The molecule has 0 saturated carbocycles. The second kappa shape index (κ2) is 7.06. The van der Waals surface area contributed by atoms with Crippen LogP contribution in [0.5, 0.6) is 0 Å². The van der Waals surface area contributed by atoms with Gasteiger partial charge in [0.1, 0.15) is 5.69 Å². The van der Waals surface area contributed by atoms with E-state index in [0.717, 1.165) is 18.8 Å². The summed E-state index contributed by atoms with van der Waals surface area (Å²) >= 11 is 6.03. The highest BCUT2D eigenvalue weighted by Crippen LogP contribution is 2.26. The van der Waals surface area contributed by atoms with Crippen LogP contribution in [0.15, 0.2) is 58.8 Å². The molecule has 3 nitrogen and oxygen atoms in total. The van der Waals surface area contributed by atoms with Crippen LogP contribution in [0.3, 0.4) is 0 Å². The molecule has 0 aliphatic heterocycles. The highest BCUT2D eigenvalue weighted by molar-refractivity contribution is 6.32. The van der Waals surface area contributed by atoms with Crippen molar-refractivity contribution in [1.82, 2.24) is 0 Å². The molecule has 0 aromatic heterocycles. The summed E-state index contributed by atoms with van der Waals surface area (Å²) in [6.45, 7) is 6.29. The van der Waals surface area contributed by atoms with E-state index in [-0.39, 0.29) is 0 Å². The molecule has 4 heteroatoms. The minimum absolute atomic E-state index is 0.607. The fraction of sp³-hybridized carbons (Fsp3) is 0.250. The molecule has 0 amide bonds. The number of nitrogens with zero attached hydrogens (tertiary/aromatic N) is 3. The van der Waals surface area contributed by atoms with Crippen molar-refractivity contribution in [3.8, 4) is 0 Å². The first-order chi connectivity index (χ1) is 9.74. The maximum absolute atomic E-state index is 6.03. The van der Waals surface area contributed by atoms with Crippen molar-refractivity contribution in [3.05, 3.63) is 53.6 Å². The van der Waals surface area contributed by atoms with E-state index >= 15 is 0 Å². The Kier molecular flexibility index (Phi) is 5.13. The summed E-state index contributed by atoms with van der Waals surface area (Å²) in [5.74, 6) is 0. The van der Waals surface area contributed by atoms with Crippen LogP contribution in [0.4, 0.5) is 17.1 Å². The normalized spacial score (nSPS) is 10.9. The number of benzene rings is 2. The third-order valence-electron chi connectivity index (χ3n) is 3.10. The zero-order chi connectivity index (χ0) is 14.4. The van der Waals surface area contributed by atoms with Crippen LogP contribution < -0.4 is 4.90 Å². The third kappa shape index (κ3) is 3.58. The van der Waals surface area contributed by atoms with Gasteiger partial charge in [0.15, 0.2) is 0 Å². The molecular formula is C16H18ClN3. The van der Waals surface area contributed by atoms with Crippen LogP contribution in [0.1, 0.15) is 13.8 Å². The largest absolute Gasteiger partial charge is 0.372 e. The molecule has 104 valence electrons. The van der Waals surface area contributed by atoms with E-state index in [1.807, 2.05) is 30.3 Å². The lowest BCUT2D eigenvalue weighted by Gasteiger charge is -2.20. The summed E-state index contributed by atoms with van der Waals surface area (Å²) in [4.78, 5) is 2.29. The fourth-order valence-corrected chi connectivity index (χ4v) is 2.14. The zero-order valence-corrected chi connectivity index (χ0v) is 12.5. The molecule has 0 radical (unpaired) electrons. The molecule has 2 rings (SSSR count). The van der Waals surface area contributed by atoms with Crippen molar-refractivity contribution in [3.63, 3.8) is 0 Å². The van der Waals surface area contributed by atoms with Gasteiger partial charge in [0.05, 0.1) is 10.7 Å². The number of hydrogen-bond donors (Lipinski definition) is 0. The Morgan fingerprint density at radius 2 is 1.55 bits per heavy atom. The topological polar surface area (TPSA) is 28.0 Å². The first-order valence-corrected chi connectivity index (χ1v) is 7.13. The lowest BCUT2D eigenvalue weighted by atomic mass is 10.2. The number of rotatable bonds is 5. The van der Waals surface area contributed by atoms with Crippen LogP contribution in [0.2, 0.25) is 5.02 Å². The Balaban J connectivity index is 2.13. The summed E-state index contributed by atoms with van der Waals surface area (Å²) in [6, 6.07) is 15.5.